The summed E-state index contributed by atoms with van der Waals surface area (Å²) in [6.07, 6.45) is 1.51. The standard InChI is InChI=1S/C24H22Cl2N2O3/c1-3-30-22-13-18(14-27-28-24(29)19-6-4-5-16(2)11-19)12-21(26)23(22)31-15-17-7-9-20(25)10-8-17/h4-14H,3,15H2,1-2H3,(H,28,29)/b27-14+. The molecule has 1 amide bonds. The summed E-state index contributed by atoms with van der Waals surface area (Å²) >= 11 is 12.4. The smallest absolute Gasteiger partial charge is 0.271 e. The predicted octanol–water partition coefficient (Wildman–Crippen LogP) is 6.04. The first kappa shape index (κ1) is 22.7. The number of carbonyl (C=O) groups is 1. The Morgan fingerprint density at radius 3 is 2.55 bits per heavy atom. The quantitative estimate of drug-likeness (QED) is 0.331. The van der Waals surface area contributed by atoms with Crippen molar-refractivity contribution in [2.45, 2.75) is 20.5 Å². The van der Waals surface area contributed by atoms with Gasteiger partial charge in [0.2, 0.25) is 0 Å². The first-order valence-electron chi connectivity index (χ1n) is 9.70. The number of halogens is 2. The second-order valence-corrected chi connectivity index (χ2v) is 7.59. The van der Waals surface area contributed by atoms with E-state index in [9.17, 15) is 4.79 Å². The van der Waals surface area contributed by atoms with Crippen molar-refractivity contribution in [3.8, 4) is 11.5 Å². The van der Waals surface area contributed by atoms with E-state index >= 15 is 0 Å². The van der Waals surface area contributed by atoms with Gasteiger partial charge in [0.15, 0.2) is 11.5 Å². The zero-order chi connectivity index (χ0) is 22.2. The molecule has 0 unspecified atom stereocenters. The van der Waals surface area contributed by atoms with Gasteiger partial charge in [-0.15, -0.1) is 0 Å². The van der Waals surface area contributed by atoms with E-state index < -0.39 is 0 Å². The zero-order valence-electron chi connectivity index (χ0n) is 17.2. The molecule has 0 fully saturated rings. The number of hydrazone groups is 1. The SMILES string of the molecule is CCOc1cc(/C=N/NC(=O)c2cccc(C)c2)cc(Cl)c1OCc1ccc(Cl)cc1. The predicted molar refractivity (Wildman–Crippen MR) is 125 cm³/mol. The number of carbonyl (C=O) groups excluding carboxylic acids is 1. The maximum Gasteiger partial charge on any atom is 0.271 e. The number of nitrogens with zero attached hydrogens (tertiary/aromatic N) is 1. The molecule has 7 heteroatoms. The van der Waals surface area contributed by atoms with Gasteiger partial charge in [0, 0.05) is 10.6 Å². The number of hydrogen-bond donors (Lipinski definition) is 1. The number of amides is 1. The van der Waals surface area contributed by atoms with Crippen LogP contribution in [0.5, 0.6) is 11.5 Å². The fraction of sp³-hybridized carbons (Fsp3) is 0.167. The monoisotopic (exact) mass is 456 g/mol. The Morgan fingerprint density at radius 1 is 1.06 bits per heavy atom. The highest BCUT2D eigenvalue weighted by Gasteiger charge is 2.13. The fourth-order valence-corrected chi connectivity index (χ4v) is 3.22. The van der Waals surface area contributed by atoms with E-state index in [1.54, 1.807) is 36.4 Å². The van der Waals surface area contributed by atoms with Crippen molar-refractivity contribution >= 4 is 35.3 Å². The molecule has 0 atom stereocenters. The largest absolute Gasteiger partial charge is 0.490 e. The molecule has 0 radical (unpaired) electrons. The lowest BCUT2D eigenvalue weighted by molar-refractivity contribution is 0.0955. The van der Waals surface area contributed by atoms with Crippen LogP contribution in [0.3, 0.4) is 0 Å². The van der Waals surface area contributed by atoms with Crippen LogP contribution in [0.1, 0.15) is 34.0 Å². The van der Waals surface area contributed by atoms with E-state index in [2.05, 4.69) is 10.5 Å². The second-order valence-electron chi connectivity index (χ2n) is 6.75. The van der Waals surface area contributed by atoms with E-state index in [0.29, 0.717) is 45.9 Å². The van der Waals surface area contributed by atoms with Crippen molar-refractivity contribution in [1.82, 2.24) is 5.43 Å². The van der Waals surface area contributed by atoms with E-state index in [4.69, 9.17) is 32.7 Å². The van der Waals surface area contributed by atoms with Crippen molar-refractivity contribution < 1.29 is 14.3 Å². The van der Waals surface area contributed by atoms with Gasteiger partial charge in [0.05, 0.1) is 17.8 Å². The molecule has 0 aliphatic carbocycles. The van der Waals surface area contributed by atoms with Crippen LogP contribution in [0.4, 0.5) is 0 Å². The summed E-state index contributed by atoms with van der Waals surface area (Å²) in [6.45, 7) is 4.56. The first-order chi connectivity index (χ1) is 15.0. The third kappa shape index (κ3) is 6.48. The van der Waals surface area contributed by atoms with Gasteiger partial charge in [-0.05, 0) is 61.4 Å². The molecule has 0 heterocycles. The van der Waals surface area contributed by atoms with Gasteiger partial charge in [-0.1, -0.05) is 53.0 Å². The van der Waals surface area contributed by atoms with Gasteiger partial charge < -0.3 is 9.47 Å². The van der Waals surface area contributed by atoms with Crippen LogP contribution in [0.25, 0.3) is 0 Å². The van der Waals surface area contributed by atoms with Crippen molar-refractivity contribution in [2.24, 2.45) is 5.10 Å². The highest BCUT2D eigenvalue weighted by Crippen LogP contribution is 2.37. The Kier molecular flexibility index (Phi) is 7.93. The van der Waals surface area contributed by atoms with Crippen molar-refractivity contribution in [3.05, 3.63) is 93.0 Å². The normalized spacial score (nSPS) is 10.8. The van der Waals surface area contributed by atoms with Gasteiger partial charge in [-0.2, -0.15) is 5.10 Å². The average molecular weight is 457 g/mol. The molecule has 0 aromatic heterocycles. The lowest BCUT2D eigenvalue weighted by atomic mass is 10.1. The Labute approximate surface area is 191 Å². The van der Waals surface area contributed by atoms with E-state index in [-0.39, 0.29) is 5.91 Å². The Bertz CT molecular complexity index is 1080. The van der Waals surface area contributed by atoms with Crippen LogP contribution in [-0.4, -0.2) is 18.7 Å². The zero-order valence-corrected chi connectivity index (χ0v) is 18.7. The molecule has 0 saturated carbocycles. The van der Waals surface area contributed by atoms with E-state index in [1.165, 1.54) is 6.21 Å². The summed E-state index contributed by atoms with van der Waals surface area (Å²) in [5, 5.41) is 5.07. The van der Waals surface area contributed by atoms with E-state index in [1.807, 2.05) is 38.1 Å². The molecule has 3 aromatic rings. The molecular weight excluding hydrogens is 435 g/mol. The molecule has 0 bridgehead atoms. The Balaban J connectivity index is 1.72. The molecule has 5 nitrogen and oxygen atoms in total. The number of nitrogens with one attached hydrogen (secondary N) is 1. The van der Waals surface area contributed by atoms with Gasteiger partial charge in [0.25, 0.3) is 5.91 Å². The maximum absolute atomic E-state index is 12.2. The van der Waals surface area contributed by atoms with E-state index in [0.717, 1.165) is 11.1 Å². The molecule has 3 aromatic carbocycles. The highest BCUT2D eigenvalue weighted by molar-refractivity contribution is 6.32. The summed E-state index contributed by atoms with van der Waals surface area (Å²) < 4.78 is 11.6. The van der Waals surface area contributed by atoms with Crippen LogP contribution in [-0.2, 0) is 6.61 Å². The summed E-state index contributed by atoms with van der Waals surface area (Å²) in [4.78, 5) is 12.2. The number of hydrogen-bond acceptors (Lipinski definition) is 4. The lowest BCUT2D eigenvalue weighted by Gasteiger charge is -2.14. The molecule has 0 aliphatic rings. The van der Waals surface area contributed by atoms with Crippen LogP contribution in [0.2, 0.25) is 10.0 Å². The lowest BCUT2D eigenvalue weighted by Crippen LogP contribution is -2.17. The third-order valence-corrected chi connectivity index (χ3v) is 4.82. The Hall–Kier alpha value is -3.02. The molecular formula is C24H22Cl2N2O3. The van der Waals surface area contributed by atoms with Crippen molar-refractivity contribution in [2.75, 3.05) is 6.61 Å². The number of aryl methyl sites for hydroxylation is 1. The maximum atomic E-state index is 12.2. The average Bonchev–Trinajstić information content (AvgIpc) is 2.74. The molecule has 0 aliphatic heterocycles. The van der Waals surface area contributed by atoms with Gasteiger partial charge in [-0.25, -0.2) is 5.43 Å². The van der Waals surface area contributed by atoms with Crippen molar-refractivity contribution in [3.63, 3.8) is 0 Å². The van der Waals surface area contributed by atoms with Crippen LogP contribution in [0, 0.1) is 6.92 Å². The number of rotatable bonds is 8. The van der Waals surface area contributed by atoms with Crippen LogP contribution < -0.4 is 14.9 Å². The minimum atomic E-state index is -0.293. The summed E-state index contributed by atoms with van der Waals surface area (Å²) in [5.74, 6) is 0.647. The minimum absolute atomic E-state index is 0.293. The fourth-order valence-electron chi connectivity index (χ4n) is 2.82. The molecule has 31 heavy (non-hydrogen) atoms. The number of ether oxygens (including phenoxy) is 2. The summed E-state index contributed by atoms with van der Waals surface area (Å²) in [6, 6.07) is 18.1. The van der Waals surface area contributed by atoms with Gasteiger partial charge in [-0.3, -0.25) is 4.79 Å². The summed E-state index contributed by atoms with van der Waals surface area (Å²) in [7, 11) is 0. The Morgan fingerprint density at radius 2 is 1.84 bits per heavy atom. The van der Waals surface area contributed by atoms with Gasteiger partial charge in [0.1, 0.15) is 6.61 Å². The van der Waals surface area contributed by atoms with Gasteiger partial charge >= 0.3 is 0 Å². The molecule has 0 spiro atoms. The van der Waals surface area contributed by atoms with Crippen molar-refractivity contribution in [1.29, 1.82) is 0 Å². The van der Waals surface area contributed by atoms with Crippen LogP contribution >= 0.6 is 23.2 Å². The molecule has 3 rings (SSSR count). The molecule has 1 N–H and O–H groups in total. The van der Waals surface area contributed by atoms with Crippen LogP contribution in [0.15, 0.2) is 65.8 Å². The minimum Gasteiger partial charge on any atom is -0.490 e. The highest BCUT2D eigenvalue weighted by atomic mass is 35.5. The first-order valence-corrected chi connectivity index (χ1v) is 10.5. The second kappa shape index (κ2) is 10.8. The molecule has 160 valence electrons. The topological polar surface area (TPSA) is 59.9 Å². The number of benzene rings is 3. The molecule has 0 saturated heterocycles. The summed E-state index contributed by atoms with van der Waals surface area (Å²) in [5.41, 5.74) is 5.67. The third-order valence-electron chi connectivity index (χ3n) is 4.29.